The minimum Gasteiger partial charge on any atom is -0.466 e. The lowest BCUT2D eigenvalue weighted by molar-refractivity contribution is -0.150. The molecule has 0 aromatic carbocycles. The molecular formula is C16H29NO2. The number of hydrogen-bond donors (Lipinski definition) is 0. The van der Waals surface area contributed by atoms with Crippen LogP contribution in [0.5, 0.6) is 0 Å². The maximum Gasteiger partial charge on any atom is 0.306 e. The van der Waals surface area contributed by atoms with E-state index in [0.717, 1.165) is 5.92 Å². The Bertz CT molecular complexity index is 308. The van der Waals surface area contributed by atoms with Gasteiger partial charge in [0.15, 0.2) is 0 Å². The maximum atomic E-state index is 11.6. The summed E-state index contributed by atoms with van der Waals surface area (Å²) in [5.74, 6) is 1.25. The summed E-state index contributed by atoms with van der Waals surface area (Å²) >= 11 is 0. The fourth-order valence-corrected chi connectivity index (χ4v) is 3.65. The highest BCUT2D eigenvalue weighted by Gasteiger charge is 2.48. The van der Waals surface area contributed by atoms with E-state index in [0.29, 0.717) is 24.4 Å². The third kappa shape index (κ3) is 3.50. The Morgan fingerprint density at radius 2 is 1.89 bits per heavy atom. The summed E-state index contributed by atoms with van der Waals surface area (Å²) in [6, 6.07) is 0. The van der Waals surface area contributed by atoms with Gasteiger partial charge in [0, 0.05) is 13.0 Å². The lowest BCUT2D eigenvalue weighted by Crippen LogP contribution is -2.51. The number of carbonyl (C=O) groups excluding carboxylic acids is 1. The molecule has 3 nitrogen and oxygen atoms in total. The van der Waals surface area contributed by atoms with Crippen LogP contribution < -0.4 is 0 Å². The molecule has 19 heavy (non-hydrogen) atoms. The standard InChI is InChI=1S/C16H29NO2/c1-4-19-15(18)11-13-10-14(16(13,2)3)12-17-8-6-5-7-9-17/h13-14H,4-12H2,1-3H3/t13-,14+/m1/s1. The molecule has 2 atom stereocenters. The molecule has 2 rings (SSSR count). The van der Waals surface area contributed by atoms with Gasteiger partial charge in [-0.05, 0) is 56.5 Å². The molecule has 0 aromatic heterocycles. The van der Waals surface area contributed by atoms with Crippen molar-refractivity contribution in [3.63, 3.8) is 0 Å². The van der Waals surface area contributed by atoms with Crippen LogP contribution >= 0.6 is 0 Å². The van der Waals surface area contributed by atoms with Crippen molar-refractivity contribution in [1.29, 1.82) is 0 Å². The predicted octanol–water partition coefficient (Wildman–Crippen LogP) is 3.09. The minimum atomic E-state index is -0.0167. The molecule has 1 aliphatic heterocycles. The van der Waals surface area contributed by atoms with Crippen LogP contribution in [0.2, 0.25) is 0 Å². The van der Waals surface area contributed by atoms with E-state index in [9.17, 15) is 4.79 Å². The van der Waals surface area contributed by atoms with Crippen molar-refractivity contribution in [2.24, 2.45) is 17.3 Å². The third-order valence-corrected chi connectivity index (χ3v) is 5.32. The zero-order valence-electron chi connectivity index (χ0n) is 12.8. The smallest absolute Gasteiger partial charge is 0.306 e. The predicted molar refractivity (Wildman–Crippen MR) is 76.9 cm³/mol. The van der Waals surface area contributed by atoms with Crippen LogP contribution in [0.4, 0.5) is 0 Å². The van der Waals surface area contributed by atoms with E-state index in [1.807, 2.05) is 6.92 Å². The number of piperidine rings is 1. The Balaban J connectivity index is 1.78. The summed E-state index contributed by atoms with van der Waals surface area (Å²) in [5, 5.41) is 0. The quantitative estimate of drug-likeness (QED) is 0.717. The van der Waals surface area contributed by atoms with Crippen LogP contribution in [0, 0.1) is 17.3 Å². The minimum absolute atomic E-state index is 0.0167. The molecule has 1 heterocycles. The zero-order chi connectivity index (χ0) is 13.9. The zero-order valence-corrected chi connectivity index (χ0v) is 12.8. The van der Waals surface area contributed by atoms with Crippen LogP contribution in [-0.2, 0) is 9.53 Å². The SMILES string of the molecule is CCOC(=O)C[C@H]1C[C@@H](CN2CCCCC2)C1(C)C. The van der Waals surface area contributed by atoms with Crippen LogP contribution in [0.25, 0.3) is 0 Å². The first-order chi connectivity index (χ1) is 9.04. The van der Waals surface area contributed by atoms with Gasteiger partial charge in [-0.3, -0.25) is 4.79 Å². The molecule has 0 aromatic rings. The molecule has 0 radical (unpaired) electrons. The molecule has 2 aliphatic rings. The molecule has 1 saturated heterocycles. The van der Waals surface area contributed by atoms with E-state index in [2.05, 4.69) is 18.7 Å². The molecule has 1 aliphatic carbocycles. The van der Waals surface area contributed by atoms with E-state index in [4.69, 9.17) is 4.74 Å². The fraction of sp³-hybridized carbons (Fsp3) is 0.938. The van der Waals surface area contributed by atoms with E-state index in [-0.39, 0.29) is 5.97 Å². The highest BCUT2D eigenvalue weighted by Crippen LogP contribution is 2.53. The summed E-state index contributed by atoms with van der Waals surface area (Å²) in [7, 11) is 0. The first-order valence-electron chi connectivity index (χ1n) is 7.92. The van der Waals surface area contributed by atoms with Gasteiger partial charge in [0.2, 0.25) is 0 Å². The van der Waals surface area contributed by atoms with Gasteiger partial charge in [0.1, 0.15) is 0 Å². The van der Waals surface area contributed by atoms with Gasteiger partial charge in [0.05, 0.1) is 6.61 Å². The van der Waals surface area contributed by atoms with Gasteiger partial charge >= 0.3 is 5.97 Å². The monoisotopic (exact) mass is 267 g/mol. The lowest BCUT2D eigenvalue weighted by atomic mass is 9.53. The summed E-state index contributed by atoms with van der Waals surface area (Å²) in [6.45, 7) is 10.8. The van der Waals surface area contributed by atoms with Crippen LogP contribution in [0.1, 0.15) is 52.9 Å². The first kappa shape index (κ1) is 14.8. The number of rotatable bonds is 5. The Labute approximate surface area is 117 Å². The topological polar surface area (TPSA) is 29.5 Å². The molecule has 110 valence electrons. The molecule has 0 amide bonds. The van der Waals surface area contributed by atoms with Crippen molar-refractivity contribution in [2.75, 3.05) is 26.2 Å². The van der Waals surface area contributed by atoms with Crippen LogP contribution in [-0.4, -0.2) is 37.1 Å². The third-order valence-electron chi connectivity index (χ3n) is 5.32. The molecule has 0 spiro atoms. The summed E-state index contributed by atoms with van der Waals surface area (Å²) in [5.41, 5.74) is 0.296. The van der Waals surface area contributed by atoms with Gasteiger partial charge in [-0.2, -0.15) is 0 Å². The van der Waals surface area contributed by atoms with Crippen LogP contribution in [0.15, 0.2) is 0 Å². The molecule has 1 saturated carbocycles. The number of nitrogens with zero attached hydrogens (tertiary/aromatic N) is 1. The van der Waals surface area contributed by atoms with E-state index in [1.165, 1.54) is 45.3 Å². The van der Waals surface area contributed by atoms with Gasteiger partial charge < -0.3 is 9.64 Å². The fourth-order valence-electron chi connectivity index (χ4n) is 3.65. The van der Waals surface area contributed by atoms with Gasteiger partial charge in [-0.15, -0.1) is 0 Å². The normalized spacial score (nSPS) is 30.7. The van der Waals surface area contributed by atoms with Gasteiger partial charge in [0.25, 0.3) is 0 Å². The van der Waals surface area contributed by atoms with Crippen molar-refractivity contribution in [1.82, 2.24) is 4.90 Å². The van der Waals surface area contributed by atoms with E-state index in [1.54, 1.807) is 0 Å². The van der Waals surface area contributed by atoms with E-state index < -0.39 is 0 Å². The first-order valence-corrected chi connectivity index (χ1v) is 7.92. The molecule has 0 bridgehead atoms. The summed E-state index contributed by atoms with van der Waals surface area (Å²) in [4.78, 5) is 14.2. The van der Waals surface area contributed by atoms with Crippen molar-refractivity contribution in [2.45, 2.75) is 52.9 Å². The Morgan fingerprint density at radius 3 is 2.47 bits per heavy atom. The second-order valence-corrected chi connectivity index (χ2v) is 6.82. The van der Waals surface area contributed by atoms with Crippen molar-refractivity contribution >= 4 is 5.97 Å². The second-order valence-electron chi connectivity index (χ2n) is 6.82. The summed E-state index contributed by atoms with van der Waals surface area (Å²) < 4.78 is 5.08. The molecule has 0 unspecified atom stereocenters. The Kier molecular flexibility index (Phi) is 4.88. The van der Waals surface area contributed by atoms with Crippen molar-refractivity contribution < 1.29 is 9.53 Å². The maximum absolute atomic E-state index is 11.6. The Morgan fingerprint density at radius 1 is 1.21 bits per heavy atom. The number of ether oxygens (including phenoxy) is 1. The summed E-state index contributed by atoms with van der Waals surface area (Å²) in [6.07, 6.45) is 5.93. The molecule has 2 fully saturated rings. The van der Waals surface area contributed by atoms with E-state index >= 15 is 0 Å². The number of carbonyl (C=O) groups is 1. The van der Waals surface area contributed by atoms with Gasteiger partial charge in [-0.1, -0.05) is 20.3 Å². The number of esters is 1. The van der Waals surface area contributed by atoms with Gasteiger partial charge in [-0.25, -0.2) is 0 Å². The number of hydrogen-bond acceptors (Lipinski definition) is 3. The molecule has 0 N–H and O–H groups in total. The largest absolute Gasteiger partial charge is 0.466 e. The highest BCUT2D eigenvalue weighted by atomic mass is 16.5. The highest BCUT2D eigenvalue weighted by molar-refractivity contribution is 5.69. The average molecular weight is 267 g/mol. The van der Waals surface area contributed by atoms with Crippen LogP contribution in [0.3, 0.4) is 0 Å². The molecule has 3 heteroatoms. The second kappa shape index (κ2) is 6.25. The average Bonchev–Trinajstić information content (AvgIpc) is 2.39. The lowest BCUT2D eigenvalue weighted by Gasteiger charge is -2.53. The number of likely N-dealkylation sites (tertiary alicyclic amines) is 1. The molecular weight excluding hydrogens is 238 g/mol. The van der Waals surface area contributed by atoms with Crippen molar-refractivity contribution in [3.05, 3.63) is 0 Å². The Hall–Kier alpha value is -0.570. The van der Waals surface area contributed by atoms with Crippen molar-refractivity contribution in [3.8, 4) is 0 Å².